The van der Waals surface area contributed by atoms with Crippen LogP contribution in [0.25, 0.3) is 0 Å². The Morgan fingerprint density at radius 3 is 2.58 bits per heavy atom. The molecule has 0 aromatic rings. The molecule has 1 atom stereocenters. The van der Waals surface area contributed by atoms with Crippen molar-refractivity contribution in [2.24, 2.45) is 0 Å². The van der Waals surface area contributed by atoms with E-state index >= 15 is 0 Å². The number of morpholine rings is 1. The van der Waals surface area contributed by atoms with Crippen LogP contribution >= 0.6 is 0 Å². The largest absolute Gasteiger partial charge is 0.405 e. The lowest BCUT2D eigenvalue weighted by Crippen LogP contribution is -2.48. The van der Waals surface area contributed by atoms with E-state index in [4.69, 9.17) is 4.74 Å². The minimum absolute atomic E-state index is 0.556. The van der Waals surface area contributed by atoms with Crippen LogP contribution in [0.1, 0.15) is 6.92 Å². The molecule has 0 aromatic heterocycles. The third-order valence-electron chi connectivity index (χ3n) is 2.84. The number of hydrogen-bond acceptors (Lipinski definition) is 4. The van der Waals surface area contributed by atoms with Crippen molar-refractivity contribution in [2.45, 2.75) is 19.1 Å². The number of rotatable bonds is 6. The number of amides is 1. The van der Waals surface area contributed by atoms with Crippen LogP contribution in [0.4, 0.5) is 13.2 Å². The molecule has 19 heavy (non-hydrogen) atoms. The smallest absolute Gasteiger partial charge is 0.379 e. The van der Waals surface area contributed by atoms with E-state index in [0.29, 0.717) is 19.8 Å². The van der Waals surface area contributed by atoms with Gasteiger partial charge in [-0.15, -0.1) is 0 Å². The Bertz CT molecular complexity index is 281. The highest BCUT2D eigenvalue weighted by Crippen LogP contribution is 2.12. The molecule has 1 heterocycles. The van der Waals surface area contributed by atoms with E-state index in [0.717, 1.165) is 19.6 Å². The molecular formula is C11H20F3N3O2. The van der Waals surface area contributed by atoms with E-state index in [-0.39, 0.29) is 0 Å². The topological polar surface area (TPSA) is 53.6 Å². The van der Waals surface area contributed by atoms with Gasteiger partial charge in [0.15, 0.2) is 0 Å². The van der Waals surface area contributed by atoms with Crippen LogP contribution in [0.5, 0.6) is 0 Å². The number of alkyl halides is 3. The van der Waals surface area contributed by atoms with Crippen molar-refractivity contribution in [1.82, 2.24) is 15.5 Å². The standard InChI is InChI=1S/C11H20F3N3O2/c1-9(10(18)16-8-11(12,13)14)15-2-3-17-4-6-19-7-5-17/h9,15H,2-8H2,1H3,(H,16,18). The Balaban J connectivity index is 2.12. The minimum atomic E-state index is -4.37. The van der Waals surface area contributed by atoms with E-state index in [9.17, 15) is 18.0 Å². The first-order valence-corrected chi connectivity index (χ1v) is 6.26. The molecule has 1 saturated heterocycles. The van der Waals surface area contributed by atoms with Crippen molar-refractivity contribution in [3.05, 3.63) is 0 Å². The summed E-state index contributed by atoms with van der Waals surface area (Å²) in [6.07, 6.45) is -4.37. The minimum Gasteiger partial charge on any atom is -0.379 e. The fourth-order valence-electron chi connectivity index (χ4n) is 1.70. The number of nitrogens with one attached hydrogen (secondary N) is 2. The highest BCUT2D eigenvalue weighted by molar-refractivity contribution is 5.81. The van der Waals surface area contributed by atoms with Gasteiger partial charge in [-0.25, -0.2) is 0 Å². The molecule has 1 amide bonds. The van der Waals surface area contributed by atoms with Gasteiger partial charge in [0, 0.05) is 26.2 Å². The average molecular weight is 283 g/mol. The molecular weight excluding hydrogens is 263 g/mol. The maximum absolute atomic E-state index is 11.9. The van der Waals surface area contributed by atoms with Crippen molar-refractivity contribution in [3.63, 3.8) is 0 Å². The lowest BCUT2D eigenvalue weighted by atomic mass is 10.3. The fraction of sp³-hybridized carbons (Fsp3) is 0.909. The quantitative estimate of drug-likeness (QED) is 0.719. The molecule has 0 radical (unpaired) electrons. The zero-order chi connectivity index (χ0) is 14.3. The van der Waals surface area contributed by atoms with E-state index in [1.54, 1.807) is 6.92 Å². The highest BCUT2D eigenvalue weighted by atomic mass is 19.4. The Hall–Kier alpha value is -0.860. The molecule has 2 N–H and O–H groups in total. The van der Waals surface area contributed by atoms with Crippen molar-refractivity contribution in [2.75, 3.05) is 45.9 Å². The molecule has 1 unspecified atom stereocenters. The number of hydrogen-bond donors (Lipinski definition) is 2. The molecule has 0 spiro atoms. The number of carbonyl (C=O) groups excluding carboxylic acids is 1. The number of ether oxygens (including phenoxy) is 1. The second kappa shape index (κ2) is 7.66. The molecule has 5 nitrogen and oxygen atoms in total. The van der Waals surface area contributed by atoms with Crippen molar-refractivity contribution in [1.29, 1.82) is 0 Å². The van der Waals surface area contributed by atoms with E-state index in [2.05, 4.69) is 10.2 Å². The summed E-state index contributed by atoms with van der Waals surface area (Å²) in [5.74, 6) is -0.640. The third kappa shape index (κ3) is 7.34. The molecule has 0 aliphatic carbocycles. The Morgan fingerprint density at radius 2 is 2.00 bits per heavy atom. The van der Waals surface area contributed by atoms with Gasteiger partial charge in [-0.2, -0.15) is 13.2 Å². The second-order valence-corrected chi connectivity index (χ2v) is 4.46. The van der Waals surface area contributed by atoms with Gasteiger partial charge in [-0.1, -0.05) is 0 Å². The number of halogens is 3. The molecule has 0 aromatic carbocycles. The van der Waals surface area contributed by atoms with Gasteiger partial charge in [0.2, 0.25) is 5.91 Å². The van der Waals surface area contributed by atoms with Crippen LogP contribution in [0.2, 0.25) is 0 Å². The second-order valence-electron chi connectivity index (χ2n) is 4.46. The number of carbonyl (C=O) groups is 1. The SMILES string of the molecule is CC(NCCN1CCOCC1)C(=O)NCC(F)(F)F. The zero-order valence-electron chi connectivity index (χ0n) is 10.9. The van der Waals surface area contributed by atoms with Crippen LogP contribution in [0.15, 0.2) is 0 Å². The van der Waals surface area contributed by atoms with Crippen molar-refractivity contribution >= 4 is 5.91 Å². The zero-order valence-corrected chi connectivity index (χ0v) is 10.9. The van der Waals surface area contributed by atoms with Gasteiger partial charge in [0.05, 0.1) is 19.3 Å². The van der Waals surface area contributed by atoms with E-state index < -0.39 is 24.7 Å². The van der Waals surface area contributed by atoms with E-state index in [1.165, 1.54) is 0 Å². The maximum Gasteiger partial charge on any atom is 0.405 e. The van der Waals surface area contributed by atoms with Crippen molar-refractivity contribution < 1.29 is 22.7 Å². The maximum atomic E-state index is 11.9. The lowest BCUT2D eigenvalue weighted by Gasteiger charge is -2.27. The third-order valence-corrected chi connectivity index (χ3v) is 2.84. The van der Waals surface area contributed by atoms with Crippen molar-refractivity contribution in [3.8, 4) is 0 Å². The van der Waals surface area contributed by atoms with Crippen LogP contribution in [0, 0.1) is 0 Å². The summed E-state index contributed by atoms with van der Waals surface area (Å²) in [4.78, 5) is 13.5. The molecule has 1 aliphatic rings. The van der Waals surface area contributed by atoms with Gasteiger partial charge in [0.25, 0.3) is 0 Å². The van der Waals surface area contributed by atoms with Gasteiger partial charge in [-0.05, 0) is 6.92 Å². The molecule has 0 bridgehead atoms. The van der Waals surface area contributed by atoms with Gasteiger partial charge < -0.3 is 15.4 Å². The summed E-state index contributed by atoms with van der Waals surface area (Å²) in [5, 5.41) is 4.75. The average Bonchev–Trinajstić information content (AvgIpc) is 2.36. The first-order valence-electron chi connectivity index (χ1n) is 6.26. The normalized spacial score (nSPS) is 19.2. The Kier molecular flexibility index (Phi) is 6.53. The van der Waals surface area contributed by atoms with Crippen LogP contribution in [0.3, 0.4) is 0 Å². The summed E-state index contributed by atoms with van der Waals surface area (Å²) in [5.41, 5.74) is 0. The molecule has 0 saturated carbocycles. The van der Waals surface area contributed by atoms with Gasteiger partial charge in [-0.3, -0.25) is 9.69 Å². The molecule has 112 valence electrons. The summed E-state index contributed by atoms with van der Waals surface area (Å²) < 4.78 is 41.0. The van der Waals surface area contributed by atoms with Crippen LogP contribution in [-0.2, 0) is 9.53 Å². The molecule has 1 fully saturated rings. The number of nitrogens with zero attached hydrogens (tertiary/aromatic N) is 1. The Labute approximate surface area is 110 Å². The first-order chi connectivity index (χ1) is 8.88. The van der Waals surface area contributed by atoms with Gasteiger partial charge >= 0.3 is 6.18 Å². The molecule has 1 aliphatic heterocycles. The van der Waals surface area contributed by atoms with E-state index in [1.807, 2.05) is 5.32 Å². The van der Waals surface area contributed by atoms with Crippen LogP contribution < -0.4 is 10.6 Å². The lowest BCUT2D eigenvalue weighted by molar-refractivity contribution is -0.139. The first kappa shape index (κ1) is 16.2. The summed E-state index contributed by atoms with van der Waals surface area (Å²) >= 11 is 0. The monoisotopic (exact) mass is 283 g/mol. The predicted molar refractivity (Wildman–Crippen MR) is 63.8 cm³/mol. The highest BCUT2D eigenvalue weighted by Gasteiger charge is 2.28. The summed E-state index contributed by atoms with van der Waals surface area (Å²) in [7, 11) is 0. The summed E-state index contributed by atoms with van der Waals surface area (Å²) in [6, 6.07) is -0.636. The molecule has 1 rings (SSSR count). The fourth-order valence-corrected chi connectivity index (χ4v) is 1.70. The predicted octanol–water partition coefficient (Wildman–Crippen LogP) is -0.0248. The van der Waals surface area contributed by atoms with Gasteiger partial charge in [0.1, 0.15) is 6.54 Å². The van der Waals surface area contributed by atoms with Crippen LogP contribution in [-0.4, -0.2) is 69.0 Å². The Morgan fingerprint density at radius 1 is 1.37 bits per heavy atom. The molecule has 8 heteroatoms. The summed E-state index contributed by atoms with van der Waals surface area (Å²) in [6.45, 7) is 4.64.